The van der Waals surface area contributed by atoms with Crippen LogP contribution in [0, 0.1) is 0 Å². The van der Waals surface area contributed by atoms with Crippen LogP contribution in [-0.2, 0) is 4.79 Å². The molecule has 0 amide bonds. The van der Waals surface area contributed by atoms with E-state index < -0.39 is 17.7 Å². The Labute approximate surface area is 126 Å². The number of carboxylic acids is 1. The number of benzene rings is 2. The largest absolute Gasteiger partial charge is 0.481 e. The molecule has 1 N–H and O–H groups in total. The van der Waals surface area contributed by atoms with E-state index in [9.17, 15) is 19.5 Å². The first-order chi connectivity index (χ1) is 10.6. The molecule has 1 aliphatic carbocycles. The summed E-state index contributed by atoms with van der Waals surface area (Å²) in [5.41, 5.74) is 1.05. The van der Waals surface area contributed by atoms with Crippen molar-refractivity contribution in [2.45, 2.75) is 5.92 Å². The Balaban J connectivity index is 2.13. The van der Waals surface area contributed by atoms with Crippen molar-refractivity contribution in [2.24, 2.45) is 0 Å². The quantitative estimate of drug-likeness (QED) is 0.944. The van der Waals surface area contributed by atoms with Crippen LogP contribution < -0.4 is 0 Å². The van der Waals surface area contributed by atoms with Crippen LogP contribution in [0.1, 0.15) is 32.2 Å². The lowest BCUT2D eigenvalue weighted by Gasteiger charge is -2.20. The lowest BCUT2D eigenvalue weighted by atomic mass is 9.80. The van der Waals surface area contributed by atoms with Crippen molar-refractivity contribution < 1.29 is 19.5 Å². The third-order valence-electron chi connectivity index (χ3n) is 3.68. The number of ketones is 2. The van der Waals surface area contributed by atoms with Gasteiger partial charge in [0.25, 0.3) is 0 Å². The minimum Gasteiger partial charge on any atom is -0.481 e. The van der Waals surface area contributed by atoms with Gasteiger partial charge in [0.2, 0.25) is 0 Å². The zero-order valence-electron chi connectivity index (χ0n) is 11.5. The third-order valence-corrected chi connectivity index (χ3v) is 3.68. The predicted octanol–water partition coefficient (Wildman–Crippen LogP) is 2.86. The van der Waals surface area contributed by atoms with Crippen molar-refractivity contribution in [2.75, 3.05) is 0 Å². The fraction of sp³-hybridized carbons (Fsp3) is 0.0556. The molecule has 0 saturated heterocycles. The SMILES string of the molecule is O=C1C=C(C(C(=O)O)c2ccccc2)C(=O)c2ccccc21. The van der Waals surface area contributed by atoms with Gasteiger partial charge in [-0.3, -0.25) is 14.4 Å². The molecular weight excluding hydrogens is 280 g/mol. The zero-order chi connectivity index (χ0) is 15.7. The Hall–Kier alpha value is -3.01. The molecule has 0 heterocycles. The number of aliphatic carboxylic acids is 1. The maximum absolute atomic E-state index is 12.6. The molecule has 108 valence electrons. The maximum atomic E-state index is 12.6. The molecule has 0 saturated carbocycles. The van der Waals surface area contributed by atoms with Crippen molar-refractivity contribution in [3.63, 3.8) is 0 Å². The molecule has 4 nitrogen and oxygen atoms in total. The van der Waals surface area contributed by atoms with Gasteiger partial charge < -0.3 is 5.11 Å². The number of carbonyl (C=O) groups is 3. The van der Waals surface area contributed by atoms with Crippen molar-refractivity contribution in [3.05, 3.63) is 82.9 Å². The number of Topliss-reactive ketones (excluding diaryl/α,β-unsaturated/α-hetero) is 1. The van der Waals surface area contributed by atoms with Gasteiger partial charge in [0.05, 0.1) is 0 Å². The van der Waals surface area contributed by atoms with E-state index in [-0.39, 0.29) is 16.9 Å². The van der Waals surface area contributed by atoms with E-state index in [4.69, 9.17) is 0 Å². The van der Waals surface area contributed by atoms with Gasteiger partial charge >= 0.3 is 5.97 Å². The van der Waals surface area contributed by atoms with Gasteiger partial charge in [-0.25, -0.2) is 0 Å². The van der Waals surface area contributed by atoms with E-state index in [1.54, 1.807) is 54.6 Å². The fourth-order valence-corrected chi connectivity index (χ4v) is 2.65. The third kappa shape index (κ3) is 2.24. The smallest absolute Gasteiger partial charge is 0.315 e. The predicted molar refractivity (Wildman–Crippen MR) is 80.0 cm³/mol. The Kier molecular flexibility index (Phi) is 3.43. The molecule has 0 spiro atoms. The number of carboxylic acid groups (broad SMARTS) is 1. The maximum Gasteiger partial charge on any atom is 0.315 e. The highest BCUT2D eigenvalue weighted by molar-refractivity contribution is 6.26. The van der Waals surface area contributed by atoms with Crippen LogP contribution >= 0.6 is 0 Å². The molecule has 1 atom stereocenters. The van der Waals surface area contributed by atoms with Gasteiger partial charge in [0.15, 0.2) is 11.6 Å². The number of allylic oxidation sites excluding steroid dienone is 1. The van der Waals surface area contributed by atoms with Crippen molar-refractivity contribution in [1.82, 2.24) is 0 Å². The summed E-state index contributed by atoms with van der Waals surface area (Å²) in [6, 6.07) is 14.9. The molecule has 4 heteroatoms. The van der Waals surface area contributed by atoms with Crippen LogP contribution in [0.5, 0.6) is 0 Å². The highest BCUT2D eigenvalue weighted by atomic mass is 16.4. The summed E-state index contributed by atoms with van der Waals surface area (Å²) in [6.45, 7) is 0. The van der Waals surface area contributed by atoms with Gasteiger partial charge in [0, 0.05) is 16.7 Å². The van der Waals surface area contributed by atoms with Crippen molar-refractivity contribution in [3.8, 4) is 0 Å². The van der Waals surface area contributed by atoms with Crippen LogP contribution in [0.2, 0.25) is 0 Å². The Morgan fingerprint density at radius 3 is 2.09 bits per heavy atom. The second-order valence-corrected chi connectivity index (χ2v) is 5.02. The summed E-state index contributed by atoms with van der Waals surface area (Å²) in [4.78, 5) is 36.4. The first-order valence-corrected chi connectivity index (χ1v) is 6.77. The Morgan fingerprint density at radius 1 is 0.864 bits per heavy atom. The van der Waals surface area contributed by atoms with Gasteiger partial charge in [-0.2, -0.15) is 0 Å². The molecule has 0 fully saturated rings. The summed E-state index contributed by atoms with van der Waals surface area (Å²) in [5.74, 6) is -3.05. The average molecular weight is 292 g/mol. The zero-order valence-corrected chi connectivity index (χ0v) is 11.5. The summed E-state index contributed by atoms with van der Waals surface area (Å²) < 4.78 is 0. The van der Waals surface area contributed by atoms with Gasteiger partial charge in [-0.05, 0) is 11.6 Å². The topological polar surface area (TPSA) is 71.4 Å². The minimum atomic E-state index is -1.15. The van der Waals surface area contributed by atoms with Gasteiger partial charge in [-0.15, -0.1) is 0 Å². The van der Waals surface area contributed by atoms with Crippen molar-refractivity contribution in [1.29, 1.82) is 0 Å². The summed E-state index contributed by atoms with van der Waals surface area (Å²) in [5, 5.41) is 9.53. The lowest BCUT2D eigenvalue weighted by Crippen LogP contribution is -2.25. The second kappa shape index (κ2) is 5.41. The first kappa shape index (κ1) is 13.9. The summed E-state index contributed by atoms with van der Waals surface area (Å²) in [6.07, 6.45) is 1.15. The summed E-state index contributed by atoms with van der Waals surface area (Å²) >= 11 is 0. The van der Waals surface area contributed by atoms with E-state index in [0.717, 1.165) is 6.08 Å². The van der Waals surface area contributed by atoms with E-state index in [2.05, 4.69) is 0 Å². The molecule has 1 aliphatic rings. The van der Waals surface area contributed by atoms with Gasteiger partial charge in [-0.1, -0.05) is 54.6 Å². The van der Waals surface area contributed by atoms with Crippen LogP contribution in [0.25, 0.3) is 0 Å². The Morgan fingerprint density at radius 2 is 1.45 bits per heavy atom. The minimum absolute atomic E-state index is 0.00222. The van der Waals surface area contributed by atoms with Gasteiger partial charge in [0.1, 0.15) is 5.92 Å². The molecule has 3 rings (SSSR count). The molecule has 0 radical (unpaired) electrons. The second-order valence-electron chi connectivity index (χ2n) is 5.02. The first-order valence-electron chi connectivity index (χ1n) is 6.77. The molecule has 22 heavy (non-hydrogen) atoms. The molecule has 0 aliphatic heterocycles. The fourth-order valence-electron chi connectivity index (χ4n) is 2.65. The van der Waals surface area contributed by atoms with E-state index in [0.29, 0.717) is 11.1 Å². The van der Waals surface area contributed by atoms with Crippen LogP contribution in [0.4, 0.5) is 0 Å². The van der Waals surface area contributed by atoms with E-state index >= 15 is 0 Å². The van der Waals surface area contributed by atoms with Crippen molar-refractivity contribution >= 4 is 17.5 Å². The number of rotatable bonds is 3. The molecular formula is C18H12O4. The molecule has 1 unspecified atom stereocenters. The molecule has 0 aromatic heterocycles. The Bertz CT molecular complexity index is 803. The number of fused-ring (bicyclic) bond motifs is 1. The number of hydrogen-bond donors (Lipinski definition) is 1. The monoisotopic (exact) mass is 292 g/mol. The van der Waals surface area contributed by atoms with E-state index in [1.807, 2.05) is 0 Å². The molecule has 0 bridgehead atoms. The standard InChI is InChI=1S/C18H12O4/c19-15-10-14(17(20)13-9-5-4-8-12(13)15)16(18(21)22)11-6-2-1-3-7-11/h1-10,16H,(H,21,22). The number of carbonyl (C=O) groups excluding carboxylic acids is 2. The van der Waals surface area contributed by atoms with Crippen LogP contribution in [0.15, 0.2) is 66.2 Å². The molecule has 2 aromatic carbocycles. The van der Waals surface area contributed by atoms with E-state index in [1.165, 1.54) is 0 Å². The highest BCUT2D eigenvalue weighted by Crippen LogP contribution is 2.32. The van der Waals surface area contributed by atoms with Crippen LogP contribution in [0.3, 0.4) is 0 Å². The highest BCUT2D eigenvalue weighted by Gasteiger charge is 2.34. The summed E-state index contributed by atoms with van der Waals surface area (Å²) in [7, 11) is 0. The molecule has 2 aromatic rings. The normalized spacial score (nSPS) is 15.0. The number of hydrogen-bond acceptors (Lipinski definition) is 3. The van der Waals surface area contributed by atoms with Crippen LogP contribution in [-0.4, -0.2) is 22.6 Å². The average Bonchev–Trinajstić information content (AvgIpc) is 2.53. The lowest BCUT2D eigenvalue weighted by molar-refractivity contribution is -0.137.